The van der Waals surface area contributed by atoms with Gasteiger partial charge in [-0.3, -0.25) is 9.80 Å². The van der Waals surface area contributed by atoms with Crippen molar-refractivity contribution in [3.05, 3.63) is 0 Å². The fourth-order valence-corrected chi connectivity index (χ4v) is 3.71. The highest BCUT2D eigenvalue weighted by atomic mass is 15.3. The molecular formula is C16H34N4. The predicted molar refractivity (Wildman–Crippen MR) is 86.0 cm³/mol. The van der Waals surface area contributed by atoms with Gasteiger partial charge in [0, 0.05) is 51.4 Å². The van der Waals surface area contributed by atoms with E-state index in [1.54, 1.807) is 0 Å². The molecular weight excluding hydrogens is 248 g/mol. The van der Waals surface area contributed by atoms with Gasteiger partial charge in [0.05, 0.1) is 0 Å². The molecule has 0 radical (unpaired) electrons. The first kappa shape index (κ1) is 16.2. The van der Waals surface area contributed by atoms with Gasteiger partial charge in [-0.15, -0.1) is 0 Å². The molecule has 3 atom stereocenters. The number of nitrogens with two attached hydrogens (primary N) is 1. The van der Waals surface area contributed by atoms with E-state index in [0.29, 0.717) is 12.1 Å². The number of rotatable bonds is 5. The van der Waals surface area contributed by atoms with Crippen LogP contribution in [0, 0.1) is 5.92 Å². The molecule has 0 bridgehead atoms. The zero-order valence-electron chi connectivity index (χ0n) is 13.7. The van der Waals surface area contributed by atoms with E-state index < -0.39 is 0 Å². The van der Waals surface area contributed by atoms with E-state index in [1.165, 1.54) is 65.0 Å². The topological polar surface area (TPSA) is 35.7 Å². The fraction of sp³-hybridized carbons (Fsp3) is 1.00. The van der Waals surface area contributed by atoms with Gasteiger partial charge in [-0.2, -0.15) is 0 Å². The van der Waals surface area contributed by atoms with Crippen molar-refractivity contribution < 1.29 is 0 Å². The van der Waals surface area contributed by atoms with Gasteiger partial charge in [0.25, 0.3) is 0 Å². The van der Waals surface area contributed by atoms with Gasteiger partial charge in [0.2, 0.25) is 0 Å². The molecule has 118 valence electrons. The molecule has 2 aliphatic rings. The maximum absolute atomic E-state index is 6.40. The van der Waals surface area contributed by atoms with E-state index >= 15 is 0 Å². The zero-order valence-corrected chi connectivity index (χ0v) is 13.7. The molecule has 2 rings (SSSR count). The summed E-state index contributed by atoms with van der Waals surface area (Å²) >= 11 is 0. The van der Waals surface area contributed by atoms with Crippen LogP contribution in [0.2, 0.25) is 0 Å². The molecule has 0 aromatic carbocycles. The summed E-state index contributed by atoms with van der Waals surface area (Å²) in [7, 11) is 4.31. The lowest BCUT2D eigenvalue weighted by Gasteiger charge is -2.45. The average Bonchev–Trinajstić information content (AvgIpc) is 2.46. The smallest absolute Gasteiger partial charge is 0.0250 e. The highest BCUT2D eigenvalue weighted by Crippen LogP contribution is 2.29. The minimum Gasteiger partial charge on any atom is -0.326 e. The molecule has 1 aliphatic carbocycles. The Balaban J connectivity index is 1.77. The third-order valence-electron chi connectivity index (χ3n) is 5.29. The van der Waals surface area contributed by atoms with Crippen molar-refractivity contribution in [2.24, 2.45) is 11.7 Å². The number of hydrogen-bond acceptors (Lipinski definition) is 4. The van der Waals surface area contributed by atoms with Crippen LogP contribution < -0.4 is 5.73 Å². The lowest BCUT2D eigenvalue weighted by molar-refractivity contribution is 0.0537. The van der Waals surface area contributed by atoms with Gasteiger partial charge in [-0.05, 0) is 39.3 Å². The highest BCUT2D eigenvalue weighted by molar-refractivity contribution is 4.91. The summed E-state index contributed by atoms with van der Waals surface area (Å²) in [6, 6.07) is 1.05. The molecule has 20 heavy (non-hydrogen) atoms. The fourth-order valence-electron chi connectivity index (χ4n) is 3.71. The third kappa shape index (κ3) is 4.42. The molecule has 1 aliphatic heterocycles. The van der Waals surface area contributed by atoms with Crippen molar-refractivity contribution >= 4 is 0 Å². The summed E-state index contributed by atoms with van der Waals surface area (Å²) in [5, 5.41) is 0. The van der Waals surface area contributed by atoms with Crippen LogP contribution in [0.5, 0.6) is 0 Å². The van der Waals surface area contributed by atoms with Gasteiger partial charge in [0.15, 0.2) is 0 Å². The van der Waals surface area contributed by atoms with Crippen molar-refractivity contribution in [1.29, 1.82) is 0 Å². The first-order valence-electron chi connectivity index (χ1n) is 8.47. The minimum atomic E-state index is 0.408. The van der Waals surface area contributed by atoms with Crippen LogP contribution in [0.15, 0.2) is 0 Å². The average molecular weight is 282 g/mol. The molecule has 1 saturated carbocycles. The number of likely N-dealkylation sites (N-methyl/N-ethyl adjacent to an activating group) is 1. The van der Waals surface area contributed by atoms with E-state index in [-0.39, 0.29) is 0 Å². The van der Waals surface area contributed by atoms with Crippen LogP contribution in [-0.2, 0) is 0 Å². The largest absolute Gasteiger partial charge is 0.326 e. The standard InChI is InChI=1S/C16H34N4/c1-4-14-5-6-15(17)16(13-14)20-11-9-19(10-12-20)8-7-18(2)3/h14-16H,4-13,17H2,1-3H3. The SMILES string of the molecule is CCC1CCC(N)C(N2CCN(CCN(C)C)CC2)C1. The maximum atomic E-state index is 6.40. The van der Waals surface area contributed by atoms with Crippen LogP contribution >= 0.6 is 0 Å². The second kappa shape index (κ2) is 7.74. The van der Waals surface area contributed by atoms with E-state index in [0.717, 1.165) is 5.92 Å². The Morgan fingerprint density at radius 2 is 1.80 bits per heavy atom. The Morgan fingerprint density at radius 3 is 2.40 bits per heavy atom. The summed E-state index contributed by atoms with van der Waals surface area (Å²) in [4.78, 5) is 7.55. The Hall–Kier alpha value is -0.160. The second-order valence-electron chi connectivity index (χ2n) is 7.00. The molecule has 0 aromatic heterocycles. The van der Waals surface area contributed by atoms with Crippen LogP contribution in [0.25, 0.3) is 0 Å². The normalized spacial score (nSPS) is 33.8. The Kier molecular flexibility index (Phi) is 6.27. The van der Waals surface area contributed by atoms with Crippen LogP contribution in [-0.4, -0.2) is 80.1 Å². The van der Waals surface area contributed by atoms with Gasteiger partial charge in [-0.25, -0.2) is 0 Å². The Labute approximate surface area is 125 Å². The summed E-state index contributed by atoms with van der Waals surface area (Å²) in [5.74, 6) is 0.909. The lowest BCUT2D eigenvalue weighted by Crippen LogP contribution is -2.57. The summed E-state index contributed by atoms with van der Waals surface area (Å²) < 4.78 is 0. The number of hydrogen-bond donors (Lipinski definition) is 1. The summed E-state index contributed by atoms with van der Waals surface area (Å²) in [6.07, 6.45) is 5.22. The number of nitrogens with zero attached hydrogens (tertiary/aromatic N) is 3. The highest BCUT2D eigenvalue weighted by Gasteiger charge is 2.33. The monoisotopic (exact) mass is 282 g/mol. The van der Waals surface area contributed by atoms with E-state index in [4.69, 9.17) is 5.73 Å². The lowest BCUT2D eigenvalue weighted by atomic mass is 9.80. The van der Waals surface area contributed by atoms with E-state index in [1.807, 2.05) is 0 Å². The third-order valence-corrected chi connectivity index (χ3v) is 5.29. The van der Waals surface area contributed by atoms with Gasteiger partial charge in [-0.1, -0.05) is 13.3 Å². The maximum Gasteiger partial charge on any atom is 0.0250 e. The predicted octanol–water partition coefficient (Wildman–Crippen LogP) is 1.07. The van der Waals surface area contributed by atoms with Gasteiger partial charge < -0.3 is 10.6 Å². The molecule has 2 fully saturated rings. The van der Waals surface area contributed by atoms with Crippen molar-refractivity contribution in [2.45, 2.75) is 44.7 Å². The number of piperazine rings is 1. The van der Waals surface area contributed by atoms with Crippen molar-refractivity contribution in [2.75, 3.05) is 53.4 Å². The van der Waals surface area contributed by atoms with E-state index in [2.05, 4.69) is 35.7 Å². The van der Waals surface area contributed by atoms with E-state index in [9.17, 15) is 0 Å². The summed E-state index contributed by atoms with van der Waals surface area (Å²) in [6.45, 7) is 9.56. The molecule has 3 unspecified atom stereocenters. The minimum absolute atomic E-state index is 0.408. The molecule has 1 heterocycles. The Morgan fingerprint density at radius 1 is 1.10 bits per heavy atom. The Bertz CT molecular complexity index is 274. The van der Waals surface area contributed by atoms with Crippen molar-refractivity contribution in [3.63, 3.8) is 0 Å². The molecule has 0 aromatic rings. The van der Waals surface area contributed by atoms with Crippen molar-refractivity contribution in [3.8, 4) is 0 Å². The molecule has 4 heteroatoms. The van der Waals surface area contributed by atoms with Crippen LogP contribution in [0.1, 0.15) is 32.6 Å². The first-order chi connectivity index (χ1) is 9.60. The first-order valence-corrected chi connectivity index (χ1v) is 8.47. The van der Waals surface area contributed by atoms with Crippen LogP contribution in [0.4, 0.5) is 0 Å². The van der Waals surface area contributed by atoms with Gasteiger partial charge >= 0.3 is 0 Å². The molecule has 1 saturated heterocycles. The quantitative estimate of drug-likeness (QED) is 0.818. The zero-order chi connectivity index (χ0) is 14.5. The van der Waals surface area contributed by atoms with Crippen molar-refractivity contribution in [1.82, 2.24) is 14.7 Å². The molecule has 0 amide bonds. The van der Waals surface area contributed by atoms with Crippen LogP contribution in [0.3, 0.4) is 0 Å². The molecule has 0 spiro atoms. The summed E-state index contributed by atoms with van der Waals surface area (Å²) in [5.41, 5.74) is 6.40. The second-order valence-corrected chi connectivity index (χ2v) is 7.00. The molecule has 4 nitrogen and oxygen atoms in total. The van der Waals surface area contributed by atoms with Gasteiger partial charge in [0.1, 0.15) is 0 Å². The molecule has 2 N–H and O–H groups in total.